The van der Waals surface area contributed by atoms with Crippen molar-refractivity contribution in [3.63, 3.8) is 0 Å². The molecule has 204 valence electrons. The van der Waals surface area contributed by atoms with Crippen LogP contribution < -0.4 is 5.32 Å². The number of hydrogen-bond donors (Lipinski definition) is 5. The maximum absolute atomic E-state index is 12.3. The number of aliphatic hydroxyl groups excluding tert-OH is 4. The fraction of sp³-hybridized carbons (Fsp3) is 0.964. The van der Waals surface area contributed by atoms with Gasteiger partial charge < -0.3 is 25.7 Å². The lowest BCUT2D eigenvalue weighted by Gasteiger charge is -2.27. The molecule has 4 unspecified atom stereocenters. The first-order chi connectivity index (χ1) is 16.5. The molecule has 0 saturated heterocycles. The van der Waals surface area contributed by atoms with Gasteiger partial charge in [0.25, 0.3) is 0 Å². The zero-order valence-corrected chi connectivity index (χ0v) is 22.4. The Morgan fingerprint density at radius 3 is 1.41 bits per heavy atom. The number of rotatable bonds is 25. The monoisotopic (exact) mass is 487 g/mol. The molecule has 0 spiro atoms. The minimum Gasteiger partial charge on any atom is -0.394 e. The third kappa shape index (κ3) is 18.6. The molecule has 6 nitrogen and oxygen atoms in total. The summed E-state index contributed by atoms with van der Waals surface area (Å²) in [5.74, 6) is -0.590. The molecule has 0 aliphatic rings. The number of amides is 1. The molecule has 0 saturated carbocycles. The molecule has 0 aliphatic carbocycles. The minimum atomic E-state index is -1.25. The van der Waals surface area contributed by atoms with Gasteiger partial charge in [0, 0.05) is 0 Å². The Morgan fingerprint density at radius 1 is 0.618 bits per heavy atom. The maximum Gasteiger partial charge on any atom is 0.249 e. The van der Waals surface area contributed by atoms with Gasteiger partial charge in [0.05, 0.1) is 18.8 Å². The summed E-state index contributed by atoms with van der Waals surface area (Å²) in [5.41, 5.74) is 0. The molecule has 5 N–H and O–H groups in total. The first-order valence-corrected chi connectivity index (χ1v) is 14.4. The van der Waals surface area contributed by atoms with E-state index in [1.165, 1.54) is 77.0 Å². The number of hydrogen-bond acceptors (Lipinski definition) is 5. The lowest BCUT2D eigenvalue weighted by Crippen LogP contribution is -2.53. The molecule has 0 bridgehead atoms. The van der Waals surface area contributed by atoms with Crippen LogP contribution in [0.4, 0.5) is 0 Å². The molecule has 0 heterocycles. The first-order valence-electron chi connectivity index (χ1n) is 14.4. The fourth-order valence-electron chi connectivity index (χ4n) is 4.40. The Balaban J connectivity index is 3.92. The van der Waals surface area contributed by atoms with E-state index in [0.717, 1.165) is 38.5 Å². The SMILES string of the molecule is CCCCCCCCCCCCCC(O)C(=O)NC(CO)C(O)C(O)CCCCCCCCC. The lowest BCUT2D eigenvalue weighted by molar-refractivity contribution is -0.132. The highest BCUT2D eigenvalue weighted by Gasteiger charge is 2.28. The molecule has 0 rings (SSSR count). The smallest absolute Gasteiger partial charge is 0.249 e. The molecule has 34 heavy (non-hydrogen) atoms. The van der Waals surface area contributed by atoms with E-state index < -0.39 is 36.9 Å². The van der Waals surface area contributed by atoms with Gasteiger partial charge in [-0.1, -0.05) is 129 Å². The molecular formula is C28H57NO5. The van der Waals surface area contributed by atoms with Gasteiger partial charge in [0.2, 0.25) is 5.91 Å². The number of nitrogens with one attached hydrogen (secondary N) is 1. The molecule has 6 heteroatoms. The van der Waals surface area contributed by atoms with Crippen molar-refractivity contribution in [2.24, 2.45) is 0 Å². The Labute approximate surface area is 209 Å². The van der Waals surface area contributed by atoms with Crippen LogP contribution in [0.2, 0.25) is 0 Å². The molecule has 0 aromatic heterocycles. The second-order valence-corrected chi connectivity index (χ2v) is 10.1. The van der Waals surface area contributed by atoms with Crippen molar-refractivity contribution in [2.45, 2.75) is 167 Å². The van der Waals surface area contributed by atoms with Crippen molar-refractivity contribution >= 4 is 5.91 Å². The summed E-state index contributed by atoms with van der Waals surface area (Å²) in [5, 5.41) is 42.8. The molecule has 0 radical (unpaired) electrons. The van der Waals surface area contributed by atoms with E-state index in [1.54, 1.807) is 0 Å². The highest BCUT2D eigenvalue weighted by atomic mass is 16.3. The number of aliphatic hydroxyl groups is 4. The van der Waals surface area contributed by atoms with Gasteiger partial charge in [-0.15, -0.1) is 0 Å². The zero-order chi connectivity index (χ0) is 25.4. The van der Waals surface area contributed by atoms with Crippen LogP contribution in [0.15, 0.2) is 0 Å². The van der Waals surface area contributed by atoms with Gasteiger partial charge in [-0.05, 0) is 12.8 Å². The first kappa shape index (κ1) is 33.3. The van der Waals surface area contributed by atoms with Crippen LogP contribution in [0.1, 0.15) is 142 Å². The topological polar surface area (TPSA) is 110 Å². The summed E-state index contributed by atoms with van der Waals surface area (Å²) in [7, 11) is 0. The standard InChI is InChI=1S/C28H57NO5/c1-3-5-7-9-11-12-13-14-16-18-20-22-26(32)28(34)29-24(23-30)27(33)25(31)21-19-17-15-10-8-6-4-2/h24-27,30-33H,3-23H2,1-2H3,(H,29,34). The predicted octanol–water partition coefficient (Wildman–Crippen LogP) is 5.39. The third-order valence-corrected chi connectivity index (χ3v) is 6.82. The Bertz CT molecular complexity index is 449. The normalized spacial score (nSPS) is 15.1. The Hall–Kier alpha value is -0.690. The van der Waals surface area contributed by atoms with Crippen molar-refractivity contribution in [2.75, 3.05) is 6.61 Å². The molecule has 4 atom stereocenters. The van der Waals surface area contributed by atoms with Crippen molar-refractivity contribution < 1.29 is 25.2 Å². The summed E-state index contributed by atoms with van der Waals surface area (Å²) < 4.78 is 0. The Morgan fingerprint density at radius 2 is 1.00 bits per heavy atom. The van der Waals surface area contributed by atoms with Crippen LogP contribution in [-0.4, -0.2) is 57.3 Å². The van der Waals surface area contributed by atoms with Crippen LogP contribution in [0.3, 0.4) is 0 Å². The average molecular weight is 488 g/mol. The van der Waals surface area contributed by atoms with Crippen molar-refractivity contribution in [1.29, 1.82) is 0 Å². The summed E-state index contributed by atoms with van der Waals surface area (Å²) in [4.78, 5) is 12.3. The van der Waals surface area contributed by atoms with E-state index in [1.807, 2.05) is 0 Å². The number of carbonyl (C=O) groups excluding carboxylic acids is 1. The molecule has 0 aromatic carbocycles. The molecule has 0 aliphatic heterocycles. The van der Waals surface area contributed by atoms with Crippen LogP contribution >= 0.6 is 0 Å². The zero-order valence-electron chi connectivity index (χ0n) is 22.4. The third-order valence-electron chi connectivity index (χ3n) is 6.82. The van der Waals surface area contributed by atoms with Crippen molar-refractivity contribution in [1.82, 2.24) is 5.32 Å². The van der Waals surface area contributed by atoms with E-state index in [2.05, 4.69) is 19.2 Å². The lowest BCUT2D eigenvalue weighted by atomic mass is 9.99. The van der Waals surface area contributed by atoms with E-state index in [9.17, 15) is 25.2 Å². The van der Waals surface area contributed by atoms with Crippen molar-refractivity contribution in [3.8, 4) is 0 Å². The van der Waals surface area contributed by atoms with Crippen LogP contribution in [0.25, 0.3) is 0 Å². The molecule has 0 fully saturated rings. The number of unbranched alkanes of at least 4 members (excludes halogenated alkanes) is 16. The van der Waals surface area contributed by atoms with E-state index in [0.29, 0.717) is 12.8 Å². The maximum atomic E-state index is 12.3. The van der Waals surface area contributed by atoms with Gasteiger partial charge in [0.1, 0.15) is 12.2 Å². The quantitative estimate of drug-likeness (QED) is 0.111. The molecule has 1 amide bonds. The summed E-state index contributed by atoms with van der Waals surface area (Å²) in [6, 6.07) is -0.973. The van der Waals surface area contributed by atoms with Gasteiger partial charge in [-0.25, -0.2) is 0 Å². The van der Waals surface area contributed by atoms with Gasteiger partial charge >= 0.3 is 0 Å². The predicted molar refractivity (Wildman–Crippen MR) is 141 cm³/mol. The van der Waals surface area contributed by atoms with Gasteiger partial charge in [-0.3, -0.25) is 4.79 Å². The molecular weight excluding hydrogens is 430 g/mol. The van der Waals surface area contributed by atoms with Crippen LogP contribution in [0.5, 0.6) is 0 Å². The second-order valence-electron chi connectivity index (χ2n) is 10.1. The number of carbonyl (C=O) groups is 1. The summed E-state index contributed by atoms with van der Waals surface area (Å²) in [6.45, 7) is 3.94. The Kier molecular flexibility index (Phi) is 23.5. The van der Waals surface area contributed by atoms with Crippen LogP contribution in [0, 0.1) is 0 Å². The highest BCUT2D eigenvalue weighted by molar-refractivity contribution is 5.80. The summed E-state index contributed by atoms with van der Waals surface area (Å²) in [6.07, 6.45) is 18.5. The highest BCUT2D eigenvalue weighted by Crippen LogP contribution is 2.14. The largest absolute Gasteiger partial charge is 0.394 e. The van der Waals surface area contributed by atoms with E-state index in [4.69, 9.17) is 0 Å². The van der Waals surface area contributed by atoms with E-state index >= 15 is 0 Å². The second kappa shape index (κ2) is 24.0. The van der Waals surface area contributed by atoms with Crippen LogP contribution in [-0.2, 0) is 4.79 Å². The van der Waals surface area contributed by atoms with Gasteiger partial charge in [-0.2, -0.15) is 0 Å². The fourth-order valence-corrected chi connectivity index (χ4v) is 4.40. The van der Waals surface area contributed by atoms with Gasteiger partial charge in [0.15, 0.2) is 0 Å². The summed E-state index contributed by atoms with van der Waals surface area (Å²) >= 11 is 0. The average Bonchev–Trinajstić information content (AvgIpc) is 2.84. The van der Waals surface area contributed by atoms with E-state index in [-0.39, 0.29) is 0 Å². The molecule has 0 aromatic rings. The minimum absolute atomic E-state index is 0.373. The van der Waals surface area contributed by atoms with Crippen molar-refractivity contribution in [3.05, 3.63) is 0 Å².